The fourth-order valence-corrected chi connectivity index (χ4v) is 3.67. The Morgan fingerprint density at radius 2 is 1.90 bits per heavy atom. The molecule has 3 rings (SSSR count). The molecule has 0 radical (unpaired) electrons. The van der Waals surface area contributed by atoms with Crippen molar-refractivity contribution >= 4 is 10.8 Å². The van der Waals surface area contributed by atoms with Crippen molar-refractivity contribution < 1.29 is 0 Å². The normalized spacial score (nSPS) is 24.7. The molecule has 1 aliphatic heterocycles. The van der Waals surface area contributed by atoms with E-state index in [-0.39, 0.29) is 0 Å². The van der Waals surface area contributed by atoms with E-state index in [4.69, 9.17) is 5.73 Å². The number of rotatable bonds is 2. The maximum absolute atomic E-state index is 6.08. The predicted octanol–water partition coefficient (Wildman–Crippen LogP) is 3.57. The summed E-state index contributed by atoms with van der Waals surface area (Å²) in [5, 5.41) is 2.71. The lowest BCUT2D eigenvalue weighted by Crippen LogP contribution is -2.33. The van der Waals surface area contributed by atoms with Crippen LogP contribution in [0.2, 0.25) is 0 Å². The topological polar surface area (TPSA) is 29.3 Å². The van der Waals surface area contributed by atoms with Crippen molar-refractivity contribution in [3.63, 3.8) is 0 Å². The van der Waals surface area contributed by atoms with Crippen LogP contribution in [0.4, 0.5) is 0 Å². The van der Waals surface area contributed by atoms with Crippen LogP contribution in [-0.4, -0.2) is 25.0 Å². The molecule has 0 saturated carbocycles. The van der Waals surface area contributed by atoms with Gasteiger partial charge in [0, 0.05) is 6.04 Å². The Morgan fingerprint density at radius 1 is 1.10 bits per heavy atom. The molecule has 106 valence electrons. The van der Waals surface area contributed by atoms with Crippen LogP contribution in [0, 0.1) is 5.92 Å². The van der Waals surface area contributed by atoms with E-state index < -0.39 is 0 Å². The highest BCUT2D eigenvalue weighted by Gasteiger charge is 2.28. The predicted molar refractivity (Wildman–Crippen MR) is 85.7 cm³/mol. The second-order valence-electron chi connectivity index (χ2n) is 5.99. The molecule has 0 bridgehead atoms. The molecule has 0 aromatic heterocycles. The Kier molecular flexibility index (Phi) is 4.04. The maximum Gasteiger partial charge on any atom is 0.0391 e. The first-order valence-electron chi connectivity index (χ1n) is 7.69. The monoisotopic (exact) mass is 268 g/mol. The summed E-state index contributed by atoms with van der Waals surface area (Å²) >= 11 is 0. The van der Waals surface area contributed by atoms with Gasteiger partial charge in [0.25, 0.3) is 0 Å². The molecule has 2 N–H and O–H groups in total. The summed E-state index contributed by atoms with van der Waals surface area (Å²) in [6, 6.07) is 15.8. The Bertz CT molecular complexity index is 573. The molecule has 2 nitrogen and oxygen atoms in total. The minimum atomic E-state index is 0.452. The summed E-state index contributed by atoms with van der Waals surface area (Å²) in [7, 11) is 2.25. The number of hydrogen-bond donors (Lipinski definition) is 1. The maximum atomic E-state index is 6.08. The minimum absolute atomic E-state index is 0.452. The second-order valence-corrected chi connectivity index (χ2v) is 5.99. The Hall–Kier alpha value is -1.38. The van der Waals surface area contributed by atoms with Gasteiger partial charge in [-0.1, -0.05) is 48.9 Å². The van der Waals surface area contributed by atoms with Crippen LogP contribution in [0.25, 0.3) is 10.8 Å². The SMILES string of the molecule is CN1CCCCC(CN)C1c1cccc2ccccc12. The van der Waals surface area contributed by atoms with Crippen molar-refractivity contribution in [2.45, 2.75) is 25.3 Å². The molecule has 2 unspecified atom stereocenters. The van der Waals surface area contributed by atoms with Gasteiger partial charge in [0.2, 0.25) is 0 Å². The van der Waals surface area contributed by atoms with Crippen LogP contribution < -0.4 is 5.73 Å². The van der Waals surface area contributed by atoms with Crippen LogP contribution in [0.5, 0.6) is 0 Å². The van der Waals surface area contributed by atoms with Gasteiger partial charge in [0.05, 0.1) is 0 Å². The van der Waals surface area contributed by atoms with Gasteiger partial charge in [-0.25, -0.2) is 0 Å². The fourth-order valence-electron chi connectivity index (χ4n) is 3.67. The van der Waals surface area contributed by atoms with Crippen molar-refractivity contribution in [2.24, 2.45) is 11.7 Å². The molecule has 2 heteroatoms. The fraction of sp³-hybridized carbons (Fsp3) is 0.444. The molecular formula is C18H24N2. The summed E-state index contributed by atoms with van der Waals surface area (Å²) in [5.74, 6) is 0.563. The first-order chi connectivity index (χ1) is 9.81. The summed E-state index contributed by atoms with van der Waals surface area (Å²) in [6.45, 7) is 1.95. The van der Waals surface area contributed by atoms with Gasteiger partial charge in [-0.05, 0) is 55.2 Å². The standard InChI is InChI=1S/C18H24N2/c1-20-12-5-4-8-15(13-19)18(20)17-11-6-9-14-7-2-3-10-16(14)17/h2-3,6-7,9-11,15,18H,4-5,8,12-13,19H2,1H3. The molecule has 0 spiro atoms. The van der Waals surface area contributed by atoms with E-state index in [1.54, 1.807) is 0 Å². The Morgan fingerprint density at radius 3 is 2.75 bits per heavy atom. The number of nitrogens with zero attached hydrogens (tertiary/aromatic N) is 1. The number of likely N-dealkylation sites (tertiary alicyclic amines) is 1. The van der Waals surface area contributed by atoms with E-state index in [1.165, 1.54) is 42.1 Å². The summed E-state index contributed by atoms with van der Waals surface area (Å²) < 4.78 is 0. The van der Waals surface area contributed by atoms with Crippen molar-refractivity contribution in [2.75, 3.05) is 20.1 Å². The molecule has 1 fully saturated rings. The molecule has 2 atom stereocenters. The van der Waals surface area contributed by atoms with Gasteiger partial charge in [0.1, 0.15) is 0 Å². The van der Waals surface area contributed by atoms with Crippen LogP contribution in [0.3, 0.4) is 0 Å². The van der Waals surface area contributed by atoms with Crippen LogP contribution in [0.1, 0.15) is 30.9 Å². The zero-order valence-electron chi connectivity index (χ0n) is 12.3. The van der Waals surface area contributed by atoms with Crippen LogP contribution in [-0.2, 0) is 0 Å². The number of nitrogens with two attached hydrogens (primary N) is 1. The lowest BCUT2D eigenvalue weighted by atomic mass is 9.87. The van der Waals surface area contributed by atoms with Crippen LogP contribution in [0.15, 0.2) is 42.5 Å². The molecule has 2 aromatic carbocycles. The number of hydrogen-bond acceptors (Lipinski definition) is 2. The first kappa shape index (κ1) is 13.6. The Balaban J connectivity index is 2.11. The first-order valence-corrected chi connectivity index (χ1v) is 7.69. The van der Waals surface area contributed by atoms with Gasteiger partial charge in [-0.3, -0.25) is 4.90 Å². The van der Waals surface area contributed by atoms with Crippen LogP contribution >= 0.6 is 0 Å². The lowest BCUT2D eigenvalue weighted by Gasteiger charge is -2.33. The number of benzene rings is 2. The smallest absolute Gasteiger partial charge is 0.0391 e. The van der Waals surface area contributed by atoms with E-state index in [0.717, 1.165) is 6.54 Å². The average Bonchev–Trinajstić information content (AvgIpc) is 2.68. The third kappa shape index (κ3) is 2.46. The molecule has 0 amide bonds. The molecule has 1 aliphatic rings. The second kappa shape index (κ2) is 5.94. The molecular weight excluding hydrogens is 244 g/mol. The van der Waals surface area contributed by atoms with Gasteiger partial charge in [-0.2, -0.15) is 0 Å². The van der Waals surface area contributed by atoms with Gasteiger partial charge in [0.15, 0.2) is 0 Å². The third-order valence-electron chi connectivity index (χ3n) is 4.70. The van der Waals surface area contributed by atoms with E-state index in [2.05, 4.69) is 54.4 Å². The highest BCUT2D eigenvalue weighted by Crippen LogP contribution is 2.36. The molecule has 1 heterocycles. The Labute approximate surface area is 121 Å². The van der Waals surface area contributed by atoms with E-state index >= 15 is 0 Å². The summed E-state index contributed by atoms with van der Waals surface area (Å²) in [6.07, 6.45) is 3.83. The van der Waals surface area contributed by atoms with Crippen molar-refractivity contribution in [1.29, 1.82) is 0 Å². The zero-order chi connectivity index (χ0) is 13.9. The molecule has 20 heavy (non-hydrogen) atoms. The average molecular weight is 268 g/mol. The quantitative estimate of drug-likeness (QED) is 0.902. The molecule has 2 aromatic rings. The van der Waals surface area contributed by atoms with Crippen molar-refractivity contribution in [3.05, 3.63) is 48.0 Å². The van der Waals surface area contributed by atoms with Crippen molar-refractivity contribution in [1.82, 2.24) is 4.90 Å². The largest absolute Gasteiger partial charge is 0.330 e. The van der Waals surface area contributed by atoms with Gasteiger partial charge < -0.3 is 5.73 Å². The summed E-state index contributed by atoms with van der Waals surface area (Å²) in [5.41, 5.74) is 7.53. The molecule has 0 aliphatic carbocycles. The van der Waals surface area contributed by atoms with Gasteiger partial charge in [-0.15, -0.1) is 0 Å². The minimum Gasteiger partial charge on any atom is -0.330 e. The molecule has 1 saturated heterocycles. The number of fused-ring (bicyclic) bond motifs is 1. The van der Waals surface area contributed by atoms with E-state index in [9.17, 15) is 0 Å². The van der Waals surface area contributed by atoms with E-state index in [1.807, 2.05) is 0 Å². The van der Waals surface area contributed by atoms with Crippen molar-refractivity contribution in [3.8, 4) is 0 Å². The third-order valence-corrected chi connectivity index (χ3v) is 4.70. The van der Waals surface area contributed by atoms with Gasteiger partial charge >= 0.3 is 0 Å². The summed E-state index contributed by atoms with van der Waals surface area (Å²) in [4.78, 5) is 2.51. The van der Waals surface area contributed by atoms with E-state index in [0.29, 0.717) is 12.0 Å². The lowest BCUT2D eigenvalue weighted by molar-refractivity contribution is 0.197. The highest BCUT2D eigenvalue weighted by atomic mass is 15.1. The highest BCUT2D eigenvalue weighted by molar-refractivity contribution is 5.86. The zero-order valence-corrected chi connectivity index (χ0v) is 12.3.